The van der Waals surface area contributed by atoms with Crippen molar-refractivity contribution in [1.29, 1.82) is 0 Å². The van der Waals surface area contributed by atoms with Crippen LogP contribution in [0.2, 0.25) is 0 Å². The summed E-state index contributed by atoms with van der Waals surface area (Å²) in [5.74, 6) is 0. The van der Waals surface area contributed by atoms with E-state index in [0.29, 0.717) is 5.13 Å². The fourth-order valence-electron chi connectivity index (χ4n) is 2.82. The van der Waals surface area contributed by atoms with Crippen LogP contribution in [-0.2, 0) is 6.54 Å². The molecule has 0 saturated carbocycles. The monoisotopic (exact) mass is 330 g/mol. The number of thiazole rings is 1. The number of hydrogen-bond acceptors (Lipinski definition) is 4. The third kappa shape index (κ3) is 4.30. The van der Waals surface area contributed by atoms with Gasteiger partial charge in [0, 0.05) is 44.3 Å². The average molecular weight is 330 g/mol. The first-order chi connectivity index (χ1) is 11.2. The molecule has 1 aliphatic heterocycles. The Morgan fingerprint density at radius 1 is 1.26 bits per heavy atom. The number of hydrogen-bond donors (Lipinski definition) is 1. The molecule has 0 bridgehead atoms. The minimum absolute atomic E-state index is 0.0438. The van der Waals surface area contributed by atoms with Crippen LogP contribution in [0.5, 0.6) is 0 Å². The zero-order valence-electron chi connectivity index (χ0n) is 13.4. The van der Waals surface area contributed by atoms with E-state index in [-0.39, 0.29) is 6.03 Å². The minimum atomic E-state index is -0.0438. The van der Waals surface area contributed by atoms with E-state index in [2.05, 4.69) is 46.4 Å². The molecule has 1 saturated heterocycles. The minimum Gasteiger partial charge on any atom is -0.323 e. The zero-order chi connectivity index (χ0) is 16.1. The number of benzene rings is 1. The molecule has 6 heteroatoms. The molecule has 3 rings (SSSR count). The van der Waals surface area contributed by atoms with Crippen LogP contribution in [-0.4, -0.2) is 47.0 Å². The second kappa shape index (κ2) is 7.57. The Bertz CT molecular complexity index is 644. The number of rotatable bonds is 3. The van der Waals surface area contributed by atoms with Gasteiger partial charge in [0.2, 0.25) is 0 Å². The fourth-order valence-corrected chi connectivity index (χ4v) is 3.33. The van der Waals surface area contributed by atoms with Crippen molar-refractivity contribution < 1.29 is 4.79 Å². The molecule has 23 heavy (non-hydrogen) atoms. The van der Waals surface area contributed by atoms with Crippen molar-refractivity contribution in [3.8, 4) is 0 Å². The van der Waals surface area contributed by atoms with Gasteiger partial charge < -0.3 is 4.90 Å². The van der Waals surface area contributed by atoms with E-state index in [4.69, 9.17) is 0 Å². The van der Waals surface area contributed by atoms with Gasteiger partial charge in [0.25, 0.3) is 0 Å². The molecule has 1 aromatic carbocycles. The first-order valence-corrected chi connectivity index (χ1v) is 8.82. The number of aryl methyl sites for hydroxylation is 1. The molecule has 1 N–H and O–H groups in total. The third-order valence-corrected chi connectivity index (χ3v) is 4.87. The van der Waals surface area contributed by atoms with Crippen molar-refractivity contribution in [3.05, 3.63) is 47.0 Å². The average Bonchev–Trinajstić information content (AvgIpc) is 2.94. The maximum atomic E-state index is 12.3. The van der Waals surface area contributed by atoms with Crippen LogP contribution in [0, 0.1) is 6.92 Å². The van der Waals surface area contributed by atoms with Gasteiger partial charge in [-0.1, -0.05) is 24.3 Å². The zero-order valence-corrected chi connectivity index (χ0v) is 14.2. The Kier molecular flexibility index (Phi) is 5.25. The van der Waals surface area contributed by atoms with Gasteiger partial charge in [0.05, 0.1) is 0 Å². The van der Waals surface area contributed by atoms with Gasteiger partial charge in [0.1, 0.15) is 0 Å². The molecule has 0 atom stereocenters. The highest BCUT2D eigenvalue weighted by Crippen LogP contribution is 2.15. The summed E-state index contributed by atoms with van der Waals surface area (Å²) < 4.78 is 0. The number of anilines is 1. The Hall–Kier alpha value is -1.92. The van der Waals surface area contributed by atoms with Crippen LogP contribution in [0.3, 0.4) is 0 Å². The summed E-state index contributed by atoms with van der Waals surface area (Å²) in [6.07, 6.45) is 2.70. The van der Waals surface area contributed by atoms with Crippen molar-refractivity contribution in [1.82, 2.24) is 14.8 Å². The van der Waals surface area contributed by atoms with Gasteiger partial charge in [-0.15, -0.1) is 11.3 Å². The maximum absolute atomic E-state index is 12.3. The number of nitrogens with zero attached hydrogens (tertiary/aromatic N) is 3. The summed E-state index contributed by atoms with van der Waals surface area (Å²) in [5.41, 5.74) is 2.70. The maximum Gasteiger partial charge on any atom is 0.323 e. The molecule has 5 nitrogen and oxygen atoms in total. The molecule has 2 aromatic rings. The number of carbonyl (C=O) groups is 1. The molecule has 2 heterocycles. The molecule has 0 spiro atoms. The summed E-state index contributed by atoms with van der Waals surface area (Å²) in [4.78, 5) is 20.7. The molecule has 1 aliphatic rings. The number of aromatic nitrogens is 1. The molecular weight excluding hydrogens is 308 g/mol. The number of amides is 2. The second-order valence-corrected chi connectivity index (χ2v) is 6.71. The van der Waals surface area contributed by atoms with E-state index in [1.54, 1.807) is 6.20 Å². The Morgan fingerprint density at radius 3 is 2.91 bits per heavy atom. The molecule has 0 radical (unpaired) electrons. The summed E-state index contributed by atoms with van der Waals surface area (Å²) in [6.45, 7) is 6.58. The summed E-state index contributed by atoms with van der Waals surface area (Å²) in [5, 5.41) is 5.39. The summed E-state index contributed by atoms with van der Waals surface area (Å²) >= 11 is 1.44. The first-order valence-electron chi connectivity index (χ1n) is 7.94. The molecule has 0 aliphatic carbocycles. The van der Waals surface area contributed by atoms with Gasteiger partial charge in [-0.3, -0.25) is 10.2 Å². The van der Waals surface area contributed by atoms with E-state index >= 15 is 0 Å². The lowest BCUT2D eigenvalue weighted by atomic mass is 10.1. The molecule has 2 amide bonds. The van der Waals surface area contributed by atoms with E-state index in [1.807, 2.05) is 10.3 Å². The summed E-state index contributed by atoms with van der Waals surface area (Å²) in [7, 11) is 0. The Labute approximate surface area is 140 Å². The van der Waals surface area contributed by atoms with Gasteiger partial charge in [0.15, 0.2) is 5.13 Å². The van der Waals surface area contributed by atoms with Gasteiger partial charge in [-0.25, -0.2) is 9.78 Å². The lowest BCUT2D eigenvalue weighted by Gasteiger charge is -2.22. The molecule has 122 valence electrons. The van der Waals surface area contributed by atoms with Gasteiger partial charge in [-0.05, 0) is 24.5 Å². The number of carbonyl (C=O) groups excluding carboxylic acids is 1. The summed E-state index contributed by atoms with van der Waals surface area (Å²) in [6, 6.07) is 8.46. The highest BCUT2D eigenvalue weighted by atomic mass is 32.1. The normalized spacial score (nSPS) is 16.1. The van der Waals surface area contributed by atoms with Gasteiger partial charge in [-0.2, -0.15) is 0 Å². The predicted octanol–water partition coefficient (Wildman–Crippen LogP) is 3.19. The topological polar surface area (TPSA) is 48.5 Å². The fraction of sp³-hybridized carbons (Fsp3) is 0.412. The number of nitrogens with one attached hydrogen (secondary N) is 1. The first kappa shape index (κ1) is 16.0. The SMILES string of the molecule is Cc1ccccc1CN1CCCN(C(=O)Nc2nccs2)CC1. The van der Waals surface area contributed by atoms with Gasteiger partial charge >= 0.3 is 6.03 Å². The Balaban J connectivity index is 1.54. The molecule has 0 unspecified atom stereocenters. The molecular formula is C17H22N4OS. The lowest BCUT2D eigenvalue weighted by molar-refractivity contribution is 0.211. The van der Waals surface area contributed by atoms with Crippen LogP contribution in [0.1, 0.15) is 17.5 Å². The standard InChI is InChI=1S/C17H22N4OS/c1-14-5-2-3-6-15(14)13-20-8-4-9-21(11-10-20)17(22)19-16-18-7-12-23-16/h2-3,5-7,12H,4,8-11,13H2,1H3,(H,18,19,22). The van der Waals surface area contributed by atoms with Crippen molar-refractivity contribution in [3.63, 3.8) is 0 Å². The van der Waals surface area contributed by atoms with Crippen LogP contribution < -0.4 is 5.32 Å². The van der Waals surface area contributed by atoms with Crippen LogP contribution in [0.25, 0.3) is 0 Å². The third-order valence-electron chi connectivity index (χ3n) is 4.18. The van der Waals surface area contributed by atoms with Crippen LogP contribution in [0.15, 0.2) is 35.8 Å². The Morgan fingerprint density at radius 2 is 2.13 bits per heavy atom. The lowest BCUT2D eigenvalue weighted by Crippen LogP contribution is -2.38. The van der Waals surface area contributed by atoms with E-state index in [9.17, 15) is 4.79 Å². The largest absolute Gasteiger partial charge is 0.323 e. The van der Waals surface area contributed by atoms with Crippen molar-refractivity contribution in [2.75, 3.05) is 31.5 Å². The van der Waals surface area contributed by atoms with Crippen molar-refractivity contribution in [2.24, 2.45) is 0 Å². The predicted molar refractivity (Wildman–Crippen MR) is 93.8 cm³/mol. The molecule has 1 aromatic heterocycles. The molecule has 1 fully saturated rings. The van der Waals surface area contributed by atoms with Crippen LogP contribution >= 0.6 is 11.3 Å². The van der Waals surface area contributed by atoms with E-state index in [0.717, 1.165) is 39.1 Å². The number of urea groups is 1. The smallest absolute Gasteiger partial charge is 0.323 e. The highest BCUT2D eigenvalue weighted by Gasteiger charge is 2.20. The van der Waals surface area contributed by atoms with Crippen molar-refractivity contribution in [2.45, 2.75) is 19.9 Å². The van der Waals surface area contributed by atoms with Crippen LogP contribution in [0.4, 0.5) is 9.93 Å². The highest BCUT2D eigenvalue weighted by molar-refractivity contribution is 7.13. The van der Waals surface area contributed by atoms with E-state index < -0.39 is 0 Å². The van der Waals surface area contributed by atoms with E-state index in [1.165, 1.54) is 22.5 Å². The quantitative estimate of drug-likeness (QED) is 0.940. The second-order valence-electron chi connectivity index (χ2n) is 5.81. The van der Waals surface area contributed by atoms with Crippen molar-refractivity contribution >= 4 is 22.5 Å².